The fourth-order valence-corrected chi connectivity index (χ4v) is 2.08. The van der Waals surface area contributed by atoms with Crippen molar-refractivity contribution in [2.45, 2.75) is 20.8 Å². The molecule has 0 amide bonds. The Morgan fingerprint density at radius 1 is 1.13 bits per heavy atom. The van der Waals surface area contributed by atoms with Crippen LogP contribution >= 0.6 is 15.9 Å². The standard InChI is InChI=1S/C12H12BrNO/c1-6-4-5-7(2)11-9(6)12(15)10(13)8(3)14-11/h4-5H,1-3H3,(H,14,15). The van der Waals surface area contributed by atoms with Gasteiger partial charge in [0.25, 0.3) is 0 Å². The van der Waals surface area contributed by atoms with Gasteiger partial charge in [0.1, 0.15) is 0 Å². The van der Waals surface area contributed by atoms with Gasteiger partial charge in [0.05, 0.1) is 9.99 Å². The average Bonchev–Trinajstić information content (AvgIpc) is 2.20. The second-order valence-corrected chi connectivity index (χ2v) is 4.64. The van der Waals surface area contributed by atoms with Crippen molar-refractivity contribution in [2.75, 3.05) is 0 Å². The number of benzene rings is 1. The molecule has 0 bridgehead atoms. The lowest BCUT2D eigenvalue weighted by Crippen LogP contribution is -2.08. The van der Waals surface area contributed by atoms with Gasteiger partial charge in [-0.1, -0.05) is 12.1 Å². The lowest BCUT2D eigenvalue weighted by atomic mass is 10.0. The number of hydrogen-bond acceptors (Lipinski definition) is 1. The lowest BCUT2D eigenvalue weighted by Gasteiger charge is -2.07. The van der Waals surface area contributed by atoms with Crippen LogP contribution in [0, 0.1) is 20.8 Å². The monoisotopic (exact) mass is 265 g/mol. The maximum Gasteiger partial charge on any atom is 0.204 e. The molecule has 15 heavy (non-hydrogen) atoms. The highest BCUT2D eigenvalue weighted by atomic mass is 79.9. The summed E-state index contributed by atoms with van der Waals surface area (Å²) in [7, 11) is 0. The molecule has 78 valence electrons. The summed E-state index contributed by atoms with van der Waals surface area (Å²) >= 11 is 3.32. The molecule has 0 aliphatic carbocycles. The molecule has 0 unspecified atom stereocenters. The number of fused-ring (bicyclic) bond motifs is 1. The van der Waals surface area contributed by atoms with Gasteiger partial charge in [-0.15, -0.1) is 0 Å². The molecule has 0 radical (unpaired) electrons. The first-order valence-corrected chi connectivity index (χ1v) is 5.60. The zero-order valence-electron chi connectivity index (χ0n) is 8.94. The maximum atomic E-state index is 12.1. The molecule has 1 N–H and O–H groups in total. The third-order valence-corrected chi connectivity index (χ3v) is 3.65. The third kappa shape index (κ3) is 1.51. The molecule has 2 rings (SSSR count). The SMILES string of the molecule is Cc1[nH]c2c(C)ccc(C)c2c(=O)c1Br. The Hall–Kier alpha value is -1.09. The fraction of sp³-hybridized carbons (Fsp3) is 0.250. The van der Waals surface area contributed by atoms with E-state index in [9.17, 15) is 4.79 Å². The van der Waals surface area contributed by atoms with Gasteiger partial charge < -0.3 is 4.98 Å². The van der Waals surface area contributed by atoms with Crippen molar-refractivity contribution in [1.82, 2.24) is 4.98 Å². The number of halogens is 1. The second-order valence-electron chi connectivity index (χ2n) is 3.84. The summed E-state index contributed by atoms with van der Waals surface area (Å²) < 4.78 is 0.628. The Kier molecular flexibility index (Phi) is 2.43. The van der Waals surface area contributed by atoms with Crippen LogP contribution in [0.15, 0.2) is 21.4 Å². The van der Waals surface area contributed by atoms with E-state index >= 15 is 0 Å². The highest BCUT2D eigenvalue weighted by Crippen LogP contribution is 2.20. The van der Waals surface area contributed by atoms with Crippen LogP contribution in [0.5, 0.6) is 0 Å². The molecule has 2 nitrogen and oxygen atoms in total. The molecule has 0 fully saturated rings. The van der Waals surface area contributed by atoms with Crippen LogP contribution in [0.1, 0.15) is 16.8 Å². The van der Waals surface area contributed by atoms with Crippen molar-refractivity contribution >= 4 is 26.8 Å². The van der Waals surface area contributed by atoms with E-state index in [1.165, 1.54) is 0 Å². The van der Waals surface area contributed by atoms with E-state index in [0.29, 0.717) is 4.47 Å². The molecule has 0 aliphatic rings. The Morgan fingerprint density at radius 3 is 2.40 bits per heavy atom. The number of aryl methyl sites for hydroxylation is 3. The van der Waals surface area contributed by atoms with E-state index in [2.05, 4.69) is 20.9 Å². The highest BCUT2D eigenvalue weighted by Gasteiger charge is 2.09. The van der Waals surface area contributed by atoms with E-state index in [1.807, 2.05) is 32.9 Å². The average molecular weight is 266 g/mol. The predicted molar refractivity (Wildman–Crippen MR) is 66.5 cm³/mol. The van der Waals surface area contributed by atoms with Gasteiger partial charge >= 0.3 is 0 Å². The van der Waals surface area contributed by atoms with Crippen LogP contribution in [0.4, 0.5) is 0 Å². The number of rotatable bonds is 0. The predicted octanol–water partition coefficient (Wildman–Crippen LogP) is 3.22. The minimum absolute atomic E-state index is 0.0717. The molecule has 0 atom stereocenters. The minimum Gasteiger partial charge on any atom is -0.357 e. The van der Waals surface area contributed by atoms with E-state index in [0.717, 1.165) is 27.7 Å². The molecule has 2 aromatic rings. The largest absolute Gasteiger partial charge is 0.357 e. The van der Waals surface area contributed by atoms with Crippen LogP contribution < -0.4 is 5.43 Å². The zero-order valence-corrected chi connectivity index (χ0v) is 10.5. The second kappa shape index (κ2) is 3.49. The molecule has 3 heteroatoms. The zero-order chi connectivity index (χ0) is 11.2. The summed E-state index contributed by atoms with van der Waals surface area (Å²) in [6.07, 6.45) is 0. The summed E-state index contributed by atoms with van der Waals surface area (Å²) in [5.74, 6) is 0. The van der Waals surface area contributed by atoms with Crippen molar-refractivity contribution in [3.05, 3.63) is 43.6 Å². The highest BCUT2D eigenvalue weighted by molar-refractivity contribution is 9.10. The van der Waals surface area contributed by atoms with Crippen molar-refractivity contribution in [2.24, 2.45) is 0 Å². The number of nitrogens with one attached hydrogen (secondary N) is 1. The van der Waals surface area contributed by atoms with Gasteiger partial charge in [0, 0.05) is 11.1 Å². The van der Waals surface area contributed by atoms with Crippen LogP contribution in [0.25, 0.3) is 10.9 Å². The molecule has 1 aromatic heterocycles. The number of aromatic nitrogens is 1. The molecule has 0 saturated heterocycles. The maximum absolute atomic E-state index is 12.1. The van der Waals surface area contributed by atoms with Crippen LogP contribution in [-0.2, 0) is 0 Å². The summed E-state index contributed by atoms with van der Waals surface area (Å²) in [4.78, 5) is 15.3. The first kappa shape index (κ1) is 10.4. The quantitative estimate of drug-likeness (QED) is 0.780. The molecular weight excluding hydrogens is 254 g/mol. The van der Waals surface area contributed by atoms with Crippen molar-refractivity contribution in [3.8, 4) is 0 Å². The Morgan fingerprint density at radius 2 is 1.73 bits per heavy atom. The topological polar surface area (TPSA) is 32.9 Å². The smallest absolute Gasteiger partial charge is 0.204 e. The van der Waals surface area contributed by atoms with Gasteiger partial charge in [-0.25, -0.2) is 0 Å². The van der Waals surface area contributed by atoms with Gasteiger partial charge in [-0.2, -0.15) is 0 Å². The number of pyridine rings is 1. The fourth-order valence-electron chi connectivity index (χ4n) is 1.79. The number of H-pyrrole nitrogens is 1. The van der Waals surface area contributed by atoms with Gasteiger partial charge in [0.15, 0.2) is 0 Å². The number of hydrogen-bond donors (Lipinski definition) is 1. The minimum atomic E-state index is 0.0717. The Balaban J connectivity index is 3.12. The molecule has 0 aliphatic heterocycles. The summed E-state index contributed by atoms with van der Waals surface area (Å²) in [5, 5.41) is 0.785. The summed E-state index contributed by atoms with van der Waals surface area (Å²) in [6.45, 7) is 5.86. The Labute approximate surface area is 96.5 Å². The number of aromatic amines is 1. The third-order valence-electron chi connectivity index (χ3n) is 2.69. The normalized spacial score (nSPS) is 10.9. The first-order valence-electron chi connectivity index (χ1n) is 4.80. The summed E-state index contributed by atoms with van der Waals surface area (Å²) in [6, 6.07) is 4.01. The lowest BCUT2D eigenvalue weighted by molar-refractivity contribution is 1.20. The van der Waals surface area contributed by atoms with Crippen LogP contribution in [0.3, 0.4) is 0 Å². The van der Waals surface area contributed by atoms with Gasteiger partial charge in [0.2, 0.25) is 5.43 Å². The van der Waals surface area contributed by atoms with Crippen LogP contribution in [-0.4, -0.2) is 4.98 Å². The van der Waals surface area contributed by atoms with E-state index in [1.54, 1.807) is 0 Å². The van der Waals surface area contributed by atoms with Crippen molar-refractivity contribution in [1.29, 1.82) is 0 Å². The molecule has 0 spiro atoms. The molecule has 0 saturated carbocycles. The van der Waals surface area contributed by atoms with E-state index in [-0.39, 0.29) is 5.43 Å². The summed E-state index contributed by atoms with van der Waals surface area (Å²) in [5.41, 5.74) is 4.00. The van der Waals surface area contributed by atoms with Crippen molar-refractivity contribution < 1.29 is 0 Å². The molecular formula is C12H12BrNO. The molecule has 1 aromatic carbocycles. The molecule has 1 heterocycles. The van der Waals surface area contributed by atoms with Gasteiger partial charge in [-0.3, -0.25) is 4.79 Å². The Bertz CT molecular complexity index is 599. The van der Waals surface area contributed by atoms with Crippen molar-refractivity contribution in [3.63, 3.8) is 0 Å². The van der Waals surface area contributed by atoms with Gasteiger partial charge in [-0.05, 0) is 47.8 Å². The van der Waals surface area contributed by atoms with Crippen LogP contribution in [0.2, 0.25) is 0 Å². The first-order chi connectivity index (χ1) is 7.02. The van der Waals surface area contributed by atoms with E-state index in [4.69, 9.17) is 0 Å². The van der Waals surface area contributed by atoms with E-state index < -0.39 is 0 Å².